The fourth-order valence-electron chi connectivity index (χ4n) is 2.77. The van der Waals surface area contributed by atoms with E-state index in [0.29, 0.717) is 23.7 Å². The molecule has 3 aromatic rings. The van der Waals surface area contributed by atoms with Gasteiger partial charge in [0.2, 0.25) is 0 Å². The van der Waals surface area contributed by atoms with Gasteiger partial charge < -0.3 is 10.1 Å². The maximum atomic E-state index is 13.0. The summed E-state index contributed by atoms with van der Waals surface area (Å²) in [6, 6.07) is 21.8. The first-order chi connectivity index (χ1) is 13.9. The average Bonchev–Trinajstić information content (AvgIpc) is 2.74. The van der Waals surface area contributed by atoms with Crippen molar-refractivity contribution < 1.29 is 17.9 Å². The number of benzene rings is 3. The molecular formula is C22H22N2O4S. The highest BCUT2D eigenvalue weighted by atomic mass is 32.2. The number of para-hydroxylation sites is 1. The second-order valence-corrected chi connectivity index (χ2v) is 8.22. The zero-order chi connectivity index (χ0) is 20.9. The van der Waals surface area contributed by atoms with Crippen LogP contribution in [-0.4, -0.2) is 28.0 Å². The first kappa shape index (κ1) is 20.4. The third kappa shape index (κ3) is 4.75. The van der Waals surface area contributed by atoms with E-state index in [1.165, 1.54) is 23.5 Å². The van der Waals surface area contributed by atoms with Crippen LogP contribution < -0.4 is 14.4 Å². The van der Waals surface area contributed by atoms with Gasteiger partial charge in [0, 0.05) is 24.4 Å². The summed E-state index contributed by atoms with van der Waals surface area (Å²) >= 11 is 0. The predicted octanol–water partition coefficient (Wildman–Crippen LogP) is 4.16. The third-order valence-corrected chi connectivity index (χ3v) is 6.06. The van der Waals surface area contributed by atoms with E-state index in [2.05, 4.69) is 5.32 Å². The normalized spacial score (nSPS) is 11.0. The van der Waals surface area contributed by atoms with Crippen molar-refractivity contribution in [3.8, 4) is 5.75 Å². The molecule has 3 rings (SSSR count). The van der Waals surface area contributed by atoms with Crippen LogP contribution in [0.4, 0.5) is 11.4 Å². The van der Waals surface area contributed by atoms with E-state index in [9.17, 15) is 13.2 Å². The van der Waals surface area contributed by atoms with Crippen molar-refractivity contribution in [2.75, 3.05) is 23.3 Å². The number of nitrogens with one attached hydrogen (secondary N) is 1. The fraction of sp³-hybridized carbons (Fsp3) is 0.136. The summed E-state index contributed by atoms with van der Waals surface area (Å²) in [4.78, 5) is 12.7. The maximum absolute atomic E-state index is 13.0. The Bertz CT molecular complexity index is 1100. The number of hydrogen-bond acceptors (Lipinski definition) is 4. The Morgan fingerprint density at radius 2 is 1.69 bits per heavy atom. The molecule has 0 atom stereocenters. The van der Waals surface area contributed by atoms with E-state index in [0.717, 1.165) is 0 Å². The average molecular weight is 410 g/mol. The van der Waals surface area contributed by atoms with Crippen LogP contribution in [0.15, 0.2) is 83.8 Å². The molecule has 3 aromatic carbocycles. The minimum Gasteiger partial charge on any atom is -0.494 e. The van der Waals surface area contributed by atoms with E-state index in [1.807, 2.05) is 13.0 Å². The summed E-state index contributed by atoms with van der Waals surface area (Å²) in [7, 11) is -2.32. The molecule has 0 aliphatic heterocycles. The van der Waals surface area contributed by atoms with Crippen LogP contribution >= 0.6 is 0 Å². The van der Waals surface area contributed by atoms with Gasteiger partial charge in [-0.25, -0.2) is 8.42 Å². The monoisotopic (exact) mass is 410 g/mol. The standard InChI is InChI=1S/C22H22N2O4S/c1-3-28-20-13-8-10-18(16-20)23-22(25)17-9-7-14-21(15-17)29(26,27)24(2)19-11-5-4-6-12-19/h4-16H,3H2,1-2H3,(H,23,25). The molecule has 0 saturated heterocycles. The van der Waals surface area contributed by atoms with Crippen LogP contribution in [0.5, 0.6) is 5.75 Å². The summed E-state index contributed by atoms with van der Waals surface area (Å²) in [5.41, 5.74) is 1.35. The summed E-state index contributed by atoms with van der Waals surface area (Å²) in [5.74, 6) is 0.240. The fourth-order valence-corrected chi connectivity index (χ4v) is 4.01. The van der Waals surface area contributed by atoms with Crippen LogP contribution in [0, 0.1) is 0 Å². The highest BCUT2D eigenvalue weighted by Crippen LogP contribution is 2.23. The Labute approximate surface area is 170 Å². The first-order valence-corrected chi connectivity index (χ1v) is 10.5. The van der Waals surface area contributed by atoms with E-state index >= 15 is 0 Å². The smallest absolute Gasteiger partial charge is 0.264 e. The zero-order valence-corrected chi connectivity index (χ0v) is 17.0. The van der Waals surface area contributed by atoms with Gasteiger partial charge in [0.05, 0.1) is 17.2 Å². The van der Waals surface area contributed by atoms with Gasteiger partial charge in [-0.15, -0.1) is 0 Å². The Balaban J connectivity index is 1.83. The van der Waals surface area contributed by atoms with Gasteiger partial charge in [-0.3, -0.25) is 9.10 Å². The number of rotatable bonds is 7. The van der Waals surface area contributed by atoms with Crippen molar-refractivity contribution in [2.45, 2.75) is 11.8 Å². The first-order valence-electron chi connectivity index (χ1n) is 9.10. The molecule has 0 aliphatic rings. The summed E-state index contributed by atoms with van der Waals surface area (Å²) in [5, 5.41) is 2.77. The van der Waals surface area contributed by atoms with Gasteiger partial charge in [-0.2, -0.15) is 0 Å². The highest BCUT2D eigenvalue weighted by molar-refractivity contribution is 7.92. The van der Waals surface area contributed by atoms with Gasteiger partial charge >= 0.3 is 0 Å². The van der Waals surface area contributed by atoms with Crippen molar-refractivity contribution in [2.24, 2.45) is 0 Å². The zero-order valence-electron chi connectivity index (χ0n) is 16.2. The van der Waals surface area contributed by atoms with Crippen LogP contribution in [0.25, 0.3) is 0 Å². The number of hydrogen-bond donors (Lipinski definition) is 1. The minimum atomic E-state index is -3.80. The Kier molecular flexibility index (Phi) is 6.19. The van der Waals surface area contributed by atoms with Crippen molar-refractivity contribution in [3.63, 3.8) is 0 Å². The largest absolute Gasteiger partial charge is 0.494 e. The van der Waals surface area contributed by atoms with Crippen LogP contribution in [-0.2, 0) is 10.0 Å². The molecule has 150 valence electrons. The number of carbonyl (C=O) groups is 1. The lowest BCUT2D eigenvalue weighted by atomic mass is 10.2. The molecule has 0 saturated carbocycles. The molecule has 0 heterocycles. The van der Waals surface area contributed by atoms with E-state index in [4.69, 9.17) is 4.74 Å². The number of amides is 1. The van der Waals surface area contributed by atoms with E-state index in [-0.39, 0.29) is 10.5 Å². The topological polar surface area (TPSA) is 75.7 Å². The van der Waals surface area contributed by atoms with Crippen molar-refractivity contribution >= 4 is 27.3 Å². The highest BCUT2D eigenvalue weighted by Gasteiger charge is 2.22. The maximum Gasteiger partial charge on any atom is 0.264 e. The molecule has 0 fully saturated rings. The summed E-state index contributed by atoms with van der Waals surface area (Å²) in [6.45, 7) is 2.40. The molecule has 0 aliphatic carbocycles. The SMILES string of the molecule is CCOc1cccc(NC(=O)c2cccc(S(=O)(=O)N(C)c3ccccc3)c2)c1. The second-order valence-electron chi connectivity index (χ2n) is 6.25. The van der Waals surface area contributed by atoms with Crippen molar-refractivity contribution in [3.05, 3.63) is 84.4 Å². The van der Waals surface area contributed by atoms with Crippen LogP contribution in [0.3, 0.4) is 0 Å². The number of ether oxygens (including phenoxy) is 1. The van der Waals surface area contributed by atoms with E-state index in [1.54, 1.807) is 60.7 Å². The molecule has 7 heteroatoms. The van der Waals surface area contributed by atoms with Crippen molar-refractivity contribution in [1.29, 1.82) is 0 Å². The molecule has 0 unspecified atom stereocenters. The Morgan fingerprint density at radius 3 is 2.41 bits per heavy atom. The van der Waals surface area contributed by atoms with Crippen molar-refractivity contribution in [1.82, 2.24) is 0 Å². The van der Waals surface area contributed by atoms with Gasteiger partial charge in [-0.05, 0) is 49.4 Å². The molecule has 1 N–H and O–H groups in total. The predicted molar refractivity (Wildman–Crippen MR) is 114 cm³/mol. The minimum absolute atomic E-state index is 0.0413. The molecule has 0 bridgehead atoms. The second kappa shape index (κ2) is 8.79. The molecule has 0 spiro atoms. The number of nitrogens with zero attached hydrogens (tertiary/aromatic N) is 1. The van der Waals surface area contributed by atoms with Crippen LogP contribution in [0.2, 0.25) is 0 Å². The van der Waals surface area contributed by atoms with E-state index < -0.39 is 15.9 Å². The van der Waals surface area contributed by atoms with Gasteiger partial charge in [0.25, 0.3) is 15.9 Å². The lowest BCUT2D eigenvalue weighted by Gasteiger charge is -2.19. The van der Waals surface area contributed by atoms with Gasteiger partial charge in [0.1, 0.15) is 5.75 Å². The van der Waals surface area contributed by atoms with Gasteiger partial charge in [0.15, 0.2) is 0 Å². The molecule has 29 heavy (non-hydrogen) atoms. The third-order valence-electron chi connectivity index (χ3n) is 4.28. The quantitative estimate of drug-likeness (QED) is 0.635. The van der Waals surface area contributed by atoms with Crippen LogP contribution in [0.1, 0.15) is 17.3 Å². The number of carbonyl (C=O) groups excluding carboxylic acids is 1. The van der Waals surface area contributed by atoms with Gasteiger partial charge in [-0.1, -0.05) is 30.3 Å². The Hall–Kier alpha value is -3.32. The number of sulfonamides is 1. The summed E-state index contributed by atoms with van der Waals surface area (Å²) < 4.78 is 32.5. The Morgan fingerprint density at radius 1 is 0.966 bits per heavy atom. The lowest BCUT2D eigenvalue weighted by molar-refractivity contribution is 0.102. The summed E-state index contributed by atoms with van der Waals surface area (Å²) in [6.07, 6.45) is 0. The lowest BCUT2D eigenvalue weighted by Crippen LogP contribution is -2.26. The molecule has 0 radical (unpaired) electrons. The number of anilines is 2. The molecular weight excluding hydrogens is 388 g/mol. The molecule has 6 nitrogen and oxygen atoms in total. The molecule has 0 aromatic heterocycles. The molecule has 1 amide bonds.